The van der Waals surface area contributed by atoms with Gasteiger partial charge in [-0.25, -0.2) is 0 Å². The van der Waals surface area contributed by atoms with Crippen molar-refractivity contribution in [1.82, 2.24) is 0 Å². The van der Waals surface area contributed by atoms with Crippen molar-refractivity contribution in [2.24, 2.45) is 23.2 Å². The Bertz CT molecular complexity index is 462. The molecule has 0 N–H and O–H groups in total. The smallest absolute Gasteiger partial charge is 0.312 e. The molecule has 0 aromatic carbocycles. The van der Waals surface area contributed by atoms with Crippen LogP contribution in [0.4, 0.5) is 0 Å². The highest BCUT2D eigenvalue weighted by Crippen LogP contribution is 2.47. The molecule has 2 aliphatic carbocycles. The molecule has 0 heterocycles. The Morgan fingerprint density at radius 1 is 0.962 bits per heavy atom. The largest absolute Gasteiger partial charge is 0.458 e. The van der Waals surface area contributed by atoms with E-state index < -0.39 is 5.41 Å². The number of hydrogen-bond acceptors (Lipinski definition) is 2. The summed E-state index contributed by atoms with van der Waals surface area (Å²) in [4.78, 5) is 13.5. The molecule has 1 atom stereocenters. The van der Waals surface area contributed by atoms with Crippen molar-refractivity contribution >= 4 is 5.97 Å². The molecule has 0 radical (unpaired) electrons. The number of carbonyl (C=O) groups is 1. The van der Waals surface area contributed by atoms with Crippen molar-refractivity contribution in [2.75, 3.05) is 0 Å². The van der Waals surface area contributed by atoms with Crippen molar-refractivity contribution in [3.05, 3.63) is 12.2 Å². The van der Waals surface area contributed by atoms with E-state index in [1.165, 1.54) is 64.2 Å². The van der Waals surface area contributed by atoms with E-state index in [9.17, 15) is 4.79 Å². The van der Waals surface area contributed by atoms with Gasteiger partial charge in [-0.2, -0.15) is 0 Å². The molecule has 2 rings (SSSR count). The van der Waals surface area contributed by atoms with Crippen LogP contribution < -0.4 is 0 Å². The van der Waals surface area contributed by atoms with Crippen LogP contribution in [0.5, 0.6) is 0 Å². The predicted molar refractivity (Wildman–Crippen MR) is 110 cm³/mol. The van der Waals surface area contributed by atoms with Gasteiger partial charge in [-0.05, 0) is 70.6 Å². The topological polar surface area (TPSA) is 26.3 Å². The lowest BCUT2D eigenvalue weighted by Gasteiger charge is -2.48. The fourth-order valence-electron chi connectivity index (χ4n) is 5.31. The van der Waals surface area contributed by atoms with Crippen molar-refractivity contribution in [3.8, 4) is 0 Å². The first-order valence-electron chi connectivity index (χ1n) is 11.1. The Morgan fingerprint density at radius 3 is 1.73 bits per heavy atom. The molecule has 2 fully saturated rings. The zero-order valence-electron chi connectivity index (χ0n) is 18.0. The maximum absolute atomic E-state index is 13.5. The first kappa shape index (κ1) is 21.5. The number of hydrogen-bond donors (Lipinski definition) is 0. The van der Waals surface area contributed by atoms with E-state index in [1.54, 1.807) is 0 Å². The van der Waals surface area contributed by atoms with Gasteiger partial charge in [0.05, 0.1) is 5.41 Å². The number of ether oxygens (including phenoxy) is 1. The van der Waals surface area contributed by atoms with Gasteiger partial charge in [-0.3, -0.25) is 4.79 Å². The molecule has 2 nitrogen and oxygen atoms in total. The minimum Gasteiger partial charge on any atom is -0.458 e. The molecule has 1 unspecified atom stereocenters. The van der Waals surface area contributed by atoms with Crippen LogP contribution in [0.15, 0.2) is 12.2 Å². The Kier molecular flexibility index (Phi) is 7.39. The maximum atomic E-state index is 13.5. The Balaban J connectivity index is 2.26. The van der Waals surface area contributed by atoms with Gasteiger partial charge in [0.15, 0.2) is 0 Å². The quantitative estimate of drug-likeness (QED) is 0.357. The Morgan fingerprint density at radius 2 is 1.38 bits per heavy atom. The fraction of sp³-hybridized carbons (Fsp3) is 0.875. The van der Waals surface area contributed by atoms with Crippen molar-refractivity contribution < 1.29 is 9.53 Å². The van der Waals surface area contributed by atoms with E-state index in [4.69, 9.17) is 4.74 Å². The van der Waals surface area contributed by atoms with Gasteiger partial charge >= 0.3 is 5.97 Å². The van der Waals surface area contributed by atoms with Gasteiger partial charge in [0.1, 0.15) is 5.60 Å². The second-order valence-electron chi connectivity index (χ2n) is 9.95. The molecular weight excluding hydrogens is 320 g/mol. The summed E-state index contributed by atoms with van der Waals surface area (Å²) in [5.74, 6) is 1.32. The lowest BCUT2D eigenvalue weighted by atomic mass is 9.66. The lowest BCUT2D eigenvalue weighted by Crippen LogP contribution is -2.51. The number of esters is 1. The average molecular weight is 363 g/mol. The van der Waals surface area contributed by atoms with Crippen molar-refractivity contribution in [3.63, 3.8) is 0 Å². The molecule has 2 saturated carbocycles. The van der Waals surface area contributed by atoms with Gasteiger partial charge in [0, 0.05) is 0 Å². The Labute approximate surface area is 162 Å². The summed E-state index contributed by atoms with van der Waals surface area (Å²) in [6.07, 6.45) is 13.4. The van der Waals surface area contributed by atoms with Gasteiger partial charge in [0.2, 0.25) is 0 Å². The zero-order chi connectivity index (χ0) is 19.4. The van der Waals surface area contributed by atoms with E-state index in [0.29, 0.717) is 11.8 Å². The molecule has 0 bridgehead atoms. The van der Waals surface area contributed by atoms with Crippen LogP contribution in [-0.2, 0) is 9.53 Å². The minimum atomic E-state index is -0.476. The van der Waals surface area contributed by atoms with Crippen molar-refractivity contribution in [2.45, 2.75) is 111 Å². The van der Waals surface area contributed by atoms with Gasteiger partial charge in [0.25, 0.3) is 0 Å². The van der Waals surface area contributed by atoms with Gasteiger partial charge in [-0.15, -0.1) is 6.58 Å². The summed E-state index contributed by atoms with van der Waals surface area (Å²) < 4.78 is 6.56. The lowest BCUT2D eigenvalue weighted by molar-refractivity contribution is -0.190. The first-order chi connectivity index (χ1) is 12.2. The first-order valence-corrected chi connectivity index (χ1v) is 11.1. The van der Waals surface area contributed by atoms with Crippen LogP contribution in [-0.4, -0.2) is 11.6 Å². The molecule has 0 spiro atoms. The van der Waals surface area contributed by atoms with Crippen LogP contribution in [0.2, 0.25) is 0 Å². The Hall–Kier alpha value is -0.790. The third kappa shape index (κ3) is 4.73. The monoisotopic (exact) mass is 362 g/mol. The van der Waals surface area contributed by atoms with Gasteiger partial charge in [-0.1, -0.05) is 57.9 Å². The van der Waals surface area contributed by atoms with Gasteiger partial charge < -0.3 is 4.74 Å². The summed E-state index contributed by atoms with van der Waals surface area (Å²) in [5.41, 5.74) is 0.301. The van der Waals surface area contributed by atoms with Crippen LogP contribution >= 0.6 is 0 Å². The summed E-state index contributed by atoms with van der Waals surface area (Å²) in [6, 6.07) is 0. The predicted octanol–water partition coefficient (Wildman–Crippen LogP) is 7.08. The van der Waals surface area contributed by atoms with Crippen LogP contribution in [0.1, 0.15) is 105 Å². The highest BCUT2D eigenvalue weighted by Gasteiger charge is 2.48. The molecule has 150 valence electrons. The second-order valence-corrected chi connectivity index (χ2v) is 9.95. The highest BCUT2D eigenvalue weighted by molar-refractivity contribution is 5.77. The van der Waals surface area contributed by atoms with E-state index in [2.05, 4.69) is 34.3 Å². The maximum Gasteiger partial charge on any atom is 0.312 e. The molecule has 26 heavy (non-hydrogen) atoms. The van der Waals surface area contributed by atoms with E-state index in [1.807, 2.05) is 6.92 Å². The summed E-state index contributed by atoms with van der Waals surface area (Å²) in [5, 5.41) is 0. The fourth-order valence-corrected chi connectivity index (χ4v) is 5.31. The normalized spacial score (nSPS) is 22.8. The number of carbonyl (C=O) groups excluding carboxylic acids is 1. The molecular formula is C24H42O2. The van der Waals surface area contributed by atoms with Crippen LogP contribution in [0.25, 0.3) is 0 Å². The van der Waals surface area contributed by atoms with Crippen LogP contribution in [0, 0.1) is 23.2 Å². The van der Waals surface area contributed by atoms with Crippen molar-refractivity contribution in [1.29, 1.82) is 0 Å². The summed E-state index contributed by atoms with van der Waals surface area (Å²) in [7, 11) is 0. The van der Waals surface area contributed by atoms with Crippen LogP contribution in [0.3, 0.4) is 0 Å². The standard InChI is InChI=1S/C24H42O2/c1-18(2)17-23(5,19(3)4)22(25)26-24(6,20-13-9-7-10-14-20)21-15-11-8-12-16-21/h19-21H,1,7-17H2,2-6H3. The number of rotatable bonds is 7. The average Bonchev–Trinajstić information content (AvgIpc) is 2.62. The van der Waals surface area contributed by atoms with E-state index in [0.717, 1.165) is 12.0 Å². The summed E-state index contributed by atoms with van der Waals surface area (Å²) >= 11 is 0. The zero-order valence-corrected chi connectivity index (χ0v) is 18.0. The molecule has 0 amide bonds. The SMILES string of the molecule is C=C(C)CC(C)(C(=O)OC(C)(C1CCCCC1)C1CCCCC1)C(C)C. The molecule has 0 aromatic rings. The molecule has 0 aliphatic heterocycles. The van der Waals surface area contributed by atoms with E-state index in [-0.39, 0.29) is 17.5 Å². The highest BCUT2D eigenvalue weighted by atomic mass is 16.6. The third-order valence-corrected chi connectivity index (χ3v) is 7.55. The number of allylic oxidation sites excluding steroid dienone is 1. The molecule has 0 saturated heterocycles. The minimum absolute atomic E-state index is 0.00847. The third-order valence-electron chi connectivity index (χ3n) is 7.55. The molecule has 2 heteroatoms. The van der Waals surface area contributed by atoms with E-state index >= 15 is 0 Å². The molecule has 0 aromatic heterocycles. The summed E-state index contributed by atoms with van der Waals surface area (Å²) in [6.45, 7) is 14.7. The molecule has 2 aliphatic rings. The second kappa shape index (κ2) is 8.93.